The van der Waals surface area contributed by atoms with Crippen molar-refractivity contribution in [3.63, 3.8) is 0 Å². The van der Waals surface area contributed by atoms with Gasteiger partial charge in [-0.2, -0.15) is 0 Å². The van der Waals surface area contributed by atoms with Crippen LogP contribution in [0.2, 0.25) is 0 Å². The highest BCUT2D eigenvalue weighted by Gasteiger charge is 2.32. The first-order chi connectivity index (χ1) is 14.0. The summed E-state index contributed by atoms with van der Waals surface area (Å²) in [4.78, 5) is 31.5. The SMILES string of the molecule is COCCN1C[C@@H](c2cc(=O)n3[nH]c(-c4ccc(OC)cc4)c(C)c3n2)CC1=O. The zero-order valence-electron chi connectivity index (χ0n) is 16.8. The second-order valence-corrected chi connectivity index (χ2v) is 7.25. The first-order valence-electron chi connectivity index (χ1n) is 9.55. The molecule has 1 amide bonds. The van der Waals surface area contributed by atoms with Gasteiger partial charge in [0.05, 0.1) is 25.1 Å². The Morgan fingerprint density at radius 1 is 1.21 bits per heavy atom. The molecule has 8 nitrogen and oxygen atoms in total. The Balaban J connectivity index is 1.69. The molecule has 29 heavy (non-hydrogen) atoms. The van der Waals surface area contributed by atoms with Crippen molar-refractivity contribution in [2.75, 3.05) is 33.9 Å². The van der Waals surface area contributed by atoms with E-state index in [0.717, 1.165) is 22.6 Å². The van der Waals surface area contributed by atoms with Gasteiger partial charge in [-0.25, -0.2) is 9.50 Å². The monoisotopic (exact) mass is 396 g/mol. The van der Waals surface area contributed by atoms with Crippen molar-refractivity contribution < 1.29 is 14.3 Å². The molecule has 1 fully saturated rings. The van der Waals surface area contributed by atoms with E-state index >= 15 is 0 Å². The first-order valence-corrected chi connectivity index (χ1v) is 9.55. The average Bonchev–Trinajstić information content (AvgIpc) is 3.27. The van der Waals surface area contributed by atoms with E-state index in [9.17, 15) is 9.59 Å². The minimum Gasteiger partial charge on any atom is -0.497 e. The van der Waals surface area contributed by atoms with Gasteiger partial charge >= 0.3 is 0 Å². The summed E-state index contributed by atoms with van der Waals surface area (Å²) >= 11 is 0. The maximum atomic E-state index is 12.7. The van der Waals surface area contributed by atoms with Gasteiger partial charge in [0.15, 0.2) is 5.65 Å². The topological polar surface area (TPSA) is 88.9 Å². The standard InChI is InChI=1S/C21H24N4O4/c1-13-20(14-4-6-16(29-3)7-5-14)23-25-19(27)11-17(22-21(13)25)15-10-18(26)24(12-15)8-9-28-2/h4-7,11,15,23H,8-10,12H2,1-3H3/t15-/m0/s1. The summed E-state index contributed by atoms with van der Waals surface area (Å²) in [6, 6.07) is 9.15. The van der Waals surface area contributed by atoms with Crippen molar-refractivity contribution in [2.24, 2.45) is 0 Å². The number of aromatic amines is 1. The van der Waals surface area contributed by atoms with Crippen LogP contribution in [0.1, 0.15) is 23.6 Å². The molecule has 152 valence electrons. The number of fused-ring (bicyclic) bond motifs is 1. The zero-order chi connectivity index (χ0) is 20.5. The number of benzene rings is 1. The van der Waals surface area contributed by atoms with Gasteiger partial charge in [-0.05, 0) is 31.2 Å². The lowest BCUT2D eigenvalue weighted by Gasteiger charge is -2.15. The molecule has 8 heteroatoms. The number of hydrogen-bond acceptors (Lipinski definition) is 5. The molecule has 0 unspecified atom stereocenters. The molecule has 0 saturated carbocycles. The van der Waals surface area contributed by atoms with Crippen molar-refractivity contribution in [1.29, 1.82) is 0 Å². The molecular weight excluding hydrogens is 372 g/mol. The third kappa shape index (κ3) is 3.51. The molecule has 2 aromatic heterocycles. The van der Waals surface area contributed by atoms with Gasteiger partial charge in [0.2, 0.25) is 5.91 Å². The second-order valence-electron chi connectivity index (χ2n) is 7.25. The Kier molecular flexibility index (Phi) is 5.10. The summed E-state index contributed by atoms with van der Waals surface area (Å²) in [7, 11) is 3.24. The number of aryl methyl sites for hydroxylation is 1. The normalized spacial score (nSPS) is 16.7. The van der Waals surface area contributed by atoms with Crippen LogP contribution in [0.25, 0.3) is 16.9 Å². The van der Waals surface area contributed by atoms with E-state index < -0.39 is 0 Å². The van der Waals surface area contributed by atoms with E-state index in [2.05, 4.69) is 5.10 Å². The minimum atomic E-state index is -0.185. The van der Waals surface area contributed by atoms with Gasteiger partial charge < -0.3 is 14.4 Å². The molecule has 0 radical (unpaired) electrons. The molecule has 0 bridgehead atoms. The predicted octanol–water partition coefficient (Wildman–Crippen LogP) is 1.97. The molecule has 1 atom stereocenters. The number of nitrogens with one attached hydrogen (secondary N) is 1. The predicted molar refractivity (Wildman–Crippen MR) is 108 cm³/mol. The van der Waals surface area contributed by atoms with Crippen molar-refractivity contribution >= 4 is 11.6 Å². The molecule has 3 aromatic rings. The lowest BCUT2D eigenvalue weighted by Crippen LogP contribution is -2.28. The fourth-order valence-electron chi connectivity index (χ4n) is 3.80. The van der Waals surface area contributed by atoms with Gasteiger partial charge in [0, 0.05) is 49.7 Å². The van der Waals surface area contributed by atoms with E-state index in [1.165, 1.54) is 10.6 Å². The highest BCUT2D eigenvalue weighted by molar-refractivity contribution is 5.79. The molecule has 1 aliphatic rings. The number of rotatable bonds is 6. The number of ether oxygens (including phenoxy) is 2. The Hall–Kier alpha value is -3.13. The molecular formula is C21H24N4O4. The number of amides is 1. The number of likely N-dealkylation sites (tertiary alicyclic amines) is 1. The number of H-pyrrole nitrogens is 1. The van der Waals surface area contributed by atoms with Gasteiger partial charge in [0.25, 0.3) is 5.56 Å². The third-order valence-corrected chi connectivity index (χ3v) is 5.45. The zero-order valence-corrected chi connectivity index (χ0v) is 16.8. The summed E-state index contributed by atoms with van der Waals surface area (Å²) in [6.45, 7) is 3.54. The van der Waals surface area contributed by atoms with Crippen molar-refractivity contribution in [1.82, 2.24) is 19.5 Å². The third-order valence-electron chi connectivity index (χ3n) is 5.45. The maximum absolute atomic E-state index is 12.7. The number of nitrogens with zero attached hydrogens (tertiary/aromatic N) is 3. The molecule has 1 saturated heterocycles. The number of methoxy groups -OCH3 is 2. The van der Waals surface area contributed by atoms with Crippen molar-refractivity contribution in [3.8, 4) is 17.0 Å². The Morgan fingerprint density at radius 2 is 1.97 bits per heavy atom. The van der Waals surface area contributed by atoms with E-state index in [1.54, 1.807) is 19.1 Å². The maximum Gasteiger partial charge on any atom is 0.272 e. The van der Waals surface area contributed by atoms with Crippen LogP contribution < -0.4 is 10.3 Å². The molecule has 3 heterocycles. The molecule has 1 aromatic carbocycles. The van der Waals surface area contributed by atoms with E-state index in [-0.39, 0.29) is 17.4 Å². The van der Waals surface area contributed by atoms with Crippen LogP contribution in [0.4, 0.5) is 0 Å². The quantitative estimate of drug-likeness (QED) is 0.688. The van der Waals surface area contributed by atoms with Crippen LogP contribution in [-0.2, 0) is 9.53 Å². The molecule has 0 spiro atoms. The lowest BCUT2D eigenvalue weighted by molar-refractivity contribution is -0.128. The summed E-state index contributed by atoms with van der Waals surface area (Å²) in [6.07, 6.45) is 0.362. The summed E-state index contributed by atoms with van der Waals surface area (Å²) < 4.78 is 11.7. The van der Waals surface area contributed by atoms with Crippen molar-refractivity contribution in [2.45, 2.75) is 19.3 Å². The summed E-state index contributed by atoms with van der Waals surface area (Å²) in [5, 5.41) is 3.16. The summed E-state index contributed by atoms with van der Waals surface area (Å²) in [5.41, 5.74) is 3.72. The van der Waals surface area contributed by atoms with Gasteiger partial charge in [-0.3, -0.25) is 14.7 Å². The average molecular weight is 396 g/mol. The molecule has 1 aliphatic heterocycles. The lowest BCUT2D eigenvalue weighted by atomic mass is 10.0. The number of carbonyl (C=O) groups is 1. The fourth-order valence-corrected chi connectivity index (χ4v) is 3.80. The van der Waals surface area contributed by atoms with E-state index in [4.69, 9.17) is 14.5 Å². The molecule has 0 aliphatic carbocycles. The van der Waals surface area contributed by atoms with Crippen LogP contribution in [0, 0.1) is 6.92 Å². The van der Waals surface area contributed by atoms with Crippen LogP contribution in [0.3, 0.4) is 0 Å². The van der Waals surface area contributed by atoms with Gasteiger partial charge in [-0.1, -0.05) is 0 Å². The fraction of sp³-hybridized carbons (Fsp3) is 0.381. The van der Waals surface area contributed by atoms with Crippen LogP contribution in [-0.4, -0.2) is 59.3 Å². The highest BCUT2D eigenvalue weighted by atomic mass is 16.5. The van der Waals surface area contributed by atoms with Crippen molar-refractivity contribution in [3.05, 3.63) is 51.9 Å². The Morgan fingerprint density at radius 3 is 2.66 bits per heavy atom. The Labute approximate surface area is 168 Å². The van der Waals surface area contributed by atoms with Crippen LogP contribution in [0.15, 0.2) is 35.1 Å². The Bertz CT molecular complexity index is 1100. The van der Waals surface area contributed by atoms with Gasteiger partial charge in [-0.15, -0.1) is 0 Å². The van der Waals surface area contributed by atoms with Crippen LogP contribution in [0.5, 0.6) is 5.75 Å². The first kappa shape index (κ1) is 19.2. The largest absolute Gasteiger partial charge is 0.497 e. The smallest absolute Gasteiger partial charge is 0.272 e. The second kappa shape index (κ2) is 7.71. The molecule has 1 N–H and O–H groups in total. The van der Waals surface area contributed by atoms with Crippen LogP contribution >= 0.6 is 0 Å². The highest BCUT2D eigenvalue weighted by Crippen LogP contribution is 2.29. The van der Waals surface area contributed by atoms with E-state index in [0.29, 0.717) is 37.5 Å². The minimum absolute atomic E-state index is 0.0683. The van der Waals surface area contributed by atoms with Gasteiger partial charge in [0.1, 0.15) is 5.75 Å². The number of carbonyl (C=O) groups excluding carboxylic acids is 1. The molecule has 4 rings (SSSR count). The summed E-state index contributed by atoms with van der Waals surface area (Å²) in [5.74, 6) is 0.749. The number of aromatic nitrogens is 3. The van der Waals surface area contributed by atoms with E-state index in [1.807, 2.05) is 31.2 Å². The number of hydrogen-bond donors (Lipinski definition) is 1.